The molecule has 0 bridgehead atoms. The lowest BCUT2D eigenvalue weighted by Crippen LogP contribution is -2.47. The largest absolute Gasteiger partial charge is 0.305 e. The first kappa shape index (κ1) is 10.4. The molecule has 1 unspecified atom stereocenters. The van der Waals surface area contributed by atoms with Crippen LogP contribution in [0.4, 0.5) is 0 Å². The van der Waals surface area contributed by atoms with Gasteiger partial charge >= 0.3 is 0 Å². The van der Waals surface area contributed by atoms with Crippen LogP contribution in [0.25, 0.3) is 0 Å². The van der Waals surface area contributed by atoms with E-state index < -0.39 is 0 Å². The molecule has 1 fully saturated rings. The predicted molar refractivity (Wildman–Crippen MR) is 57.8 cm³/mol. The highest BCUT2D eigenvalue weighted by Gasteiger charge is 2.40. The molecule has 1 N–H and O–H groups in total. The minimum absolute atomic E-state index is 0.183. The Hall–Kier alpha value is -1.16. The molecule has 1 aromatic heterocycles. The third kappa shape index (κ3) is 1.59. The third-order valence-corrected chi connectivity index (χ3v) is 3.34. The summed E-state index contributed by atoms with van der Waals surface area (Å²) < 4.78 is 1.65. The second-order valence-corrected chi connectivity index (χ2v) is 4.14. The summed E-state index contributed by atoms with van der Waals surface area (Å²) in [5, 5.41) is 7.39. The van der Waals surface area contributed by atoms with Crippen molar-refractivity contribution in [1.29, 1.82) is 0 Å². The Bertz CT molecular complexity index is 364. The van der Waals surface area contributed by atoms with E-state index in [1.807, 2.05) is 7.05 Å². The lowest BCUT2D eigenvalue weighted by Gasteiger charge is -2.26. The Balaban J connectivity index is 2.30. The molecule has 4 nitrogen and oxygen atoms in total. The molecule has 1 aromatic rings. The second kappa shape index (κ2) is 3.77. The maximum atomic E-state index is 12.4. The Morgan fingerprint density at radius 3 is 3.00 bits per heavy atom. The molecule has 2 rings (SSSR count). The van der Waals surface area contributed by atoms with Crippen molar-refractivity contribution in [3.05, 3.63) is 18.0 Å². The quantitative estimate of drug-likeness (QED) is 0.756. The Morgan fingerprint density at radius 2 is 2.53 bits per heavy atom. The monoisotopic (exact) mass is 207 g/mol. The van der Waals surface area contributed by atoms with Gasteiger partial charge in [-0.1, -0.05) is 6.92 Å². The first-order valence-corrected chi connectivity index (χ1v) is 5.47. The number of aromatic nitrogens is 2. The van der Waals surface area contributed by atoms with Gasteiger partial charge in [0.25, 0.3) is 0 Å². The lowest BCUT2D eigenvalue weighted by atomic mass is 9.87. The molecule has 1 atom stereocenters. The van der Waals surface area contributed by atoms with Crippen LogP contribution in [0.15, 0.2) is 12.3 Å². The molecule has 0 radical (unpaired) electrons. The van der Waals surface area contributed by atoms with Crippen LogP contribution in [-0.4, -0.2) is 27.6 Å². The normalized spacial score (nSPS) is 25.7. The van der Waals surface area contributed by atoms with Gasteiger partial charge in [0.15, 0.2) is 0 Å². The molecule has 1 saturated heterocycles. The minimum Gasteiger partial charge on any atom is -0.305 e. The minimum atomic E-state index is -0.339. The van der Waals surface area contributed by atoms with Crippen molar-refractivity contribution in [1.82, 2.24) is 15.1 Å². The fourth-order valence-electron chi connectivity index (χ4n) is 2.30. The van der Waals surface area contributed by atoms with E-state index in [1.165, 1.54) is 0 Å². The molecule has 15 heavy (non-hydrogen) atoms. The van der Waals surface area contributed by atoms with Crippen LogP contribution in [-0.2, 0) is 7.05 Å². The van der Waals surface area contributed by atoms with Crippen LogP contribution in [0.1, 0.15) is 36.7 Å². The molecule has 0 amide bonds. The summed E-state index contributed by atoms with van der Waals surface area (Å²) in [5.74, 6) is 0.183. The van der Waals surface area contributed by atoms with Crippen molar-refractivity contribution < 1.29 is 4.79 Å². The number of Topliss-reactive ketones (excluding diaryl/α,β-unsaturated/α-hetero) is 1. The fourth-order valence-corrected chi connectivity index (χ4v) is 2.30. The average Bonchev–Trinajstić information content (AvgIpc) is 2.86. The number of carbonyl (C=O) groups is 1. The van der Waals surface area contributed by atoms with Crippen LogP contribution in [0.5, 0.6) is 0 Å². The topological polar surface area (TPSA) is 46.9 Å². The smallest absolute Gasteiger partial charge is 0.200 e. The molecule has 4 heteroatoms. The van der Waals surface area contributed by atoms with Crippen molar-refractivity contribution >= 4 is 5.78 Å². The molecular formula is C11H17N3O. The second-order valence-electron chi connectivity index (χ2n) is 4.14. The highest BCUT2D eigenvalue weighted by Crippen LogP contribution is 2.26. The zero-order valence-corrected chi connectivity index (χ0v) is 9.29. The maximum Gasteiger partial charge on any atom is 0.200 e. The van der Waals surface area contributed by atoms with Gasteiger partial charge in [-0.05, 0) is 31.9 Å². The summed E-state index contributed by atoms with van der Waals surface area (Å²) in [6, 6.07) is 1.79. The van der Waals surface area contributed by atoms with Crippen molar-refractivity contribution in [3.63, 3.8) is 0 Å². The Labute approximate surface area is 89.7 Å². The van der Waals surface area contributed by atoms with Gasteiger partial charge in [0, 0.05) is 13.2 Å². The van der Waals surface area contributed by atoms with Gasteiger partial charge in [-0.3, -0.25) is 9.48 Å². The van der Waals surface area contributed by atoms with Crippen LogP contribution in [0.2, 0.25) is 0 Å². The Kier molecular flexibility index (Phi) is 2.61. The summed E-state index contributed by atoms with van der Waals surface area (Å²) in [5.41, 5.74) is 0.361. The molecule has 1 aliphatic rings. The number of aryl methyl sites for hydroxylation is 1. The molecule has 2 heterocycles. The fraction of sp³-hybridized carbons (Fsp3) is 0.636. The van der Waals surface area contributed by atoms with Gasteiger partial charge in [0.2, 0.25) is 5.78 Å². The summed E-state index contributed by atoms with van der Waals surface area (Å²) in [6.07, 6.45) is 4.54. The maximum absolute atomic E-state index is 12.4. The summed E-state index contributed by atoms with van der Waals surface area (Å²) >= 11 is 0. The highest BCUT2D eigenvalue weighted by molar-refractivity contribution is 6.02. The zero-order chi connectivity index (χ0) is 10.9. The zero-order valence-electron chi connectivity index (χ0n) is 9.29. The van der Waals surface area contributed by atoms with E-state index in [9.17, 15) is 4.79 Å². The van der Waals surface area contributed by atoms with E-state index in [2.05, 4.69) is 17.3 Å². The molecular weight excluding hydrogens is 190 g/mol. The number of ketones is 1. The first-order chi connectivity index (χ1) is 7.19. The highest BCUT2D eigenvalue weighted by atomic mass is 16.1. The van der Waals surface area contributed by atoms with Gasteiger partial charge in [0.05, 0.1) is 5.54 Å². The van der Waals surface area contributed by atoms with Gasteiger partial charge in [-0.15, -0.1) is 0 Å². The van der Waals surface area contributed by atoms with Crippen molar-refractivity contribution in [2.45, 2.75) is 31.7 Å². The van der Waals surface area contributed by atoms with Gasteiger partial charge in [-0.25, -0.2) is 0 Å². The van der Waals surface area contributed by atoms with Crippen molar-refractivity contribution in [2.75, 3.05) is 6.54 Å². The van der Waals surface area contributed by atoms with E-state index in [0.29, 0.717) is 5.69 Å². The molecule has 0 aromatic carbocycles. The van der Waals surface area contributed by atoms with Crippen LogP contribution in [0, 0.1) is 0 Å². The van der Waals surface area contributed by atoms with Crippen LogP contribution < -0.4 is 5.32 Å². The van der Waals surface area contributed by atoms with Gasteiger partial charge in [0.1, 0.15) is 5.69 Å². The number of carbonyl (C=O) groups excluding carboxylic acids is 1. The van der Waals surface area contributed by atoms with E-state index >= 15 is 0 Å². The lowest BCUT2D eigenvalue weighted by molar-refractivity contribution is 0.0853. The standard InChI is InChI=1S/C11H17N3O/c1-3-11(6-4-7-12-11)10(15)9-5-8-13-14(9)2/h5,8,12H,3-4,6-7H2,1-2H3. The van der Waals surface area contributed by atoms with Gasteiger partial charge in [-0.2, -0.15) is 5.10 Å². The SMILES string of the molecule is CCC1(C(=O)c2ccnn2C)CCCN1. The number of hydrogen-bond donors (Lipinski definition) is 1. The Morgan fingerprint density at radius 1 is 1.73 bits per heavy atom. The summed E-state index contributed by atoms with van der Waals surface area (Å²) in [6.45, 7) is 3.00. The number of rotatable bonds is 3. The van der Waals surface area contributed by atoms with E-state index in [4.69, 9.17) is 0 Å². The van der Waals surface area contributed by atoms with Crippen LogP contribution >= 0.6 is 0 Å². The van der Waals surface area contributed by atoms with E-state index in [0.717, 1.165) is 25.8 Å². The molecule has 82 valence electrons. The number of hydrogen-bond acceptors (Lipinski definition) is 3. The number of nitrogens with one attached hydrogen (secondary N) is 1. The van der Waals surface area contributed by atoms with Crippen molar-refractivity contribution in [3.8, 4) is 0 Å². The van der Waals surface area contributed by atoms with Gasteiger partial charge < -0.3 is 5.32 Å². The summed E-state index contributed by atoms with van der Waals surface area (Å²) in [4.78, 5) is 12.4. The predicted octanol–water partition coefficient (Wildman–Crippen LogP) is 1.13. The molecule has 0 spiro atoms. The third-order valence-electron chi connectivity index (χ3n) is 3.34. The average molecular weight is 207 g/mol. The van der Waals surface area contributed by atoms with Crippen LogP contribution in [0.3, 0.4) is 0 Å². The molecule has 0 aliphatic carbocycles. The van der Waals surface area contributed by atoms with E-state index in [-0.39, 0.29) is 11.3 Å². The number of nitrogens with zero attached hydrogens (tertiary/aromatic N) is 2. The van der Waals surface area contributed by atoms with E-state index in [1.54, 1.807) is 16.9 Å². The first-order valence-electron chi connectivity index (χ1n) is 5.47. The van der Waals surface area contributed by atoms with Crippen molar-refractivity contribution in [2.24, 2.45) is 7.05 Å². The molecule has 1 aliphatic heterocycles. The summed E-state index contributed by atoms with van der Waals surface area (Å²) in [7, 11) is 1.81. The molecule has 0 saturated carbocycles.